The van der Waals surface area contributed by atoms with Crippen LogP contribution >= 0.6 is 34.7 Å². The first-order chi connectivity index (χ1) is 15.8. The van der Waals surface area contributed by atoms with Gasteiger partial charge in [-0.1, -0.05) is 17.7 Å². The largest absolute Gasteiger partial charge is 0.447 e. The summed E-state index contributed by atoms with van der Waals surface area (Å²) in [6.45, 7) is 2.44. The van der Waals surface area contributed by atoms with E-state index in [9.17, 15) is 14.4 Å². The molecule has 33 heavy (non-hydrogen) atoms. The first kappa shape index (κ1) is 24.4. The van der Waals surface area contributed by atoms with Gasteiger partial charge in [-0.15, -0.1) is 23.1 Å². The van der Waals surface area contributed by atoms with Gasteiger partial charge in [0.1, 0.15) is 6.61 Å². The third-order valence-corrected chi connectivity index (χ3v) is 8.99. The molecule has 3 aliphatic heterocycles. The Labute approximate surface area is 207 Å². The predicted octanol–water partition coefficient (Wildman–Crippen LogP) is 2.42. The minimum Gasteiger partial charge on any atom is -0.447 e. The van der Waals surface area contributed by atoms with Gasteiger partial charge in [-0.3, -0.25) is 9.59 Å². The fourth-order valence-corrected chi connectivity index (χ4v) is 6.81. The van der Waals surface area contributed by atoms with Crippen molar-refractivity contribution in [3.8, 4) is 0 Å². The number of ether oxygens (including phenoxy) is 1. The van der Waals surface area contributed by atoms with Gasteiger partial charge in [-0.05, 0) is 44.4 Å². The number of carbonyl (C=O) groups is 3. The summed E-state index contributed by atoms with van der Waals surface area (Å²) in [7, 11) is 3.62. The molecule has 8 nitrogen and oxygen atoms in total. The van der Waals surface area contributed by atoms with E-state index in [-0.39, 0.29) is 35.8 Å². The van der Waals surface area contributed by atoms with Gasteiger partial charge in [-0.2, -0.15) is 0 Å². The van der Waals surface area contributed by atoms with Crippen LogP contribution in [0.4, 0.5) is 4.79 Å². The highest BCUT2D eigenvalue weighted by Gasteiger charge is 2.39. The highest BCUT2D eigenvalue weighted by Crippen LogP contribution is 2.35. The van der Waals surface area contributed by atoms with Crippen LogP contribution in [0.5, 0.6) is 0 Å². The molecule has 0 radical (unpaired) electrons. The number of hydrogen-bond donors (Lipinski definition) is 2. The van der Waals surface area contributed by atoms with Crippen LogP contribution in [0.1, 0.15) is 33.0 Å². The maximum atomic E-state index is 13.5. The van der Waals surface area contributed by atoms with Crippen LogP contribution in [0.15, 0.2) is 16.5 Å². The Morgan fingerprint density at radius 1 is 1.27 bits per heavy atom. The monoisotopic (exact) mass is 512 g/mol. The van der Waals surface area contributed by atoms with E-state index in [0.717, 1.165) is 25.9 Å². The molecule has 4 heterocycles. The quantitative estimate of drug-likeness (QED) is 0.629. The number of thiophene rings is 1. The molecule has 1 fully saturated rings. The number of nitrogens with one attached hydrogen (secondary N) is 2. The molecule has 1 aromatic rings. The molecule has 4 rings (SSSR count). The second-order valence-electron chi connectivity index (χ2n) is 8.61. The van der Waals surface area contributed by atoms with Crippen molar-refractivity contribution in [2.75, 3.05) is 40.3 Å². The van der Waals surface area contributed by atoms with E-state index in [4.69, 9.17) is 16.3 Å². The second-order valence-corrected chi connectivity index (χ2v) is 11.6. The molecule has 11 heteroatoms. The van der Waals surface area contributed by atoms with E-state index in [0.29, 0.717) is 28.6 Å². The number of carbonyl (C=O) groups excluding carboxylic acids is 3. The number of halogens is 1. The van der Waals surface area contributed by atoms with E-state index in [2.05, 4.69) is 22.6 Å². The maximum absolute atomic E-state index is 13.5. The lowest BCUT2D eigenvalue weighted by atomic mass is 10.1. The van der Waals surface area contributed by atoms with Crippen molar-refractivity contribution < 1.29 is 19.1 Å². The van der Waals surface area contributed by atoms with Crippen molar-refractivity contribution in [3.63, 3.8) is 0 Å². The molecule has 1 unspecified atom stereocenters. The number of nitrogens with zero attached hydrogens (tertiary/aromatic N) is 2. The minimum atomic E-state index is -0.537. The van der Waals surface area contributed by atoms with Crippen LogP contribution in [0.25, 0.3) is 0 Å². The summed E-state index contributed by atoms with van der Waals surface area (Å²) in [5, 5.41) is 5.26. The maximum Gasteiger partial charge on any atom is 0.406 e. The smallest absolute Gasteiger partial charge is 0.406 e. The standard InChI is InChI=1S/C22H29ClN4O4S2/c1-24-22(30)31-12-15-10-14(25-20(28)17-3-4-19(23)33-17)11-27(15)21(29)18-9-13-5-7-26(2)8-6-16(13)32-18/h4,9,14-15,17H,3,5-8,10-12H2,1-2H3,(H,24,30)(H,25,28)/t14-,15+,17?/m1/s1. The van der Waals surface area contributed by atoms with Gasteiger partial charge in [0.25, 0.3) is 5.91 Å². The Bertz CT molecular complexity index is 927. The molecule has 0 bridgehead atoms. The van der Waals surface area contributed by atoms with Crippen LogP contribution in [0.3, 0.4) is 0 Å². The Balaban J connectivity index is 1.45. The minimum absolute atomic E-state index is 0.0661. The number of fused-ring (bicyclic) bond motifs is 1. The zero-order chi connectivity index (χ0) is 23.5. The first-order valence-corrected chi connectivity index (χ1v) is 13.2. The molecule has 0 spiro atoms. The van der Waals surface area contributed by atoms with Crippen LogP contribution in [-0.4, -0.2) is 85.4 Å². The second kappa shape index (κ2) is 10.7. The third kappa shape index (κ3) is 5.85. The highest BCUT2D eigenvalue weighted by atomic mass is 35.5. The predicted molar refractivity (Wildman–Crippen MR) is 131 cm³/mol. The van der Waals surface area contributed by atoms with E-state index in [1.807, 2.05) is 12.1 Å². The Kier molecular flexibility index (Phi) is 7.88. The summed E-state index contributed by atoms with van der Waals surface area (Å²) >= 11 is 8.92. The van der Waals surface area contributed by atoms with E-state index in [1.54, 1.807) is 16.2 Å². The van der Waals surface area contributed by atoms with Gasteiger partial charge >= 0.3 is 6.09 Å². The van der Waals surface area contributed by atoms with Gasteiger partial charge in [0.15, 0.2) is 0 Å². The molecule has 3 aliphatic rings. The van der Waals surface area contributed by atoms with Crippen LogP contribution < -0.4 is 10.6 Å². The molecule has 0 aromatic carbocycles. The molecule has 1 aromatic heterocycles. The van der Waals surface area contributed by atoms with Crippen LogP contribution in [0.2, 0.25) is 0 Å². The Morgan fingerprint density at radius 3 is 2.79 bits per heavy atom. The topological polar surface area (TPSA) is 91.0 Å². The molecular weight excluding hydrogens is 484 g/mol. The summed E-state index contributed by atoms with van der Waals surface area (Å²) < 4.78 is 5.92. The van der Waals surface area contributed by atoms with Crippen molar-refractivity contribution in [2.24, 2.45) is 0 Å². The molecular formula is C22H29ClN4O4S2. The van der Waals surface area contributed by atoms with Crippen LogP contribution in [-0.2, 0) is 22.4 Å². The van der Waals surface area contributed by atoms with Crippen molar-refractivity contribution >= 4 is 52.6 Å². The van der Waals surface area contributed by atoms with Gasteiger partial charge < -0.3 is 25.2 Å². The van der Waals surface area contributed by atoms with Crippen molar-refractivity contribution in [1.82, 2.24) is 20.4 Å². The number of likely N-dealkylation sites (N-methyl/N-ethyl adjacent to an activating group) is 1. The fourth-order valence-electron chi connectivity index (χ4n) is 4.41. The summed E-state index contributed by atoms with van der Waals surface area (Å²) in [5.41, 5.74) is 1.25. The van der Waals surface area contributed by atoms with Gasteiger partial charge in [0, 0.05) is 37.6 Å². The average Bonchev–Trinajstić information content (AvgIpc) is 3.50. The number of likely N-dealkylation sites (tertiary alicyclic amines) is 1. The van der Waals surface area contributed by atoms with Crippen molar-refractivity contribution in [3.05, 3.63) is 31.8 Å². The molecule has 0 aliphatic carbocycles. The van der Waals surface area contributed by atoms with E-state index >= 15 is 0 Å². The molecule has 3 atom stereocenters. The van der Waals surface area contributed by atoms with Crippen molar-refractivity contribution in [2.45, 2.75) is 43.0 Å². The summed E-state index contributed by atoms with van der Waals surface area (Å²) in [6, 6.07) is 1.52. The van der Waals surface area contributed by atoms with Crippen molar-refractivity contribution in [1.29, 1.82) is 0 Å². The number of rotatable bonds is 5. The van der Waals surface area contributed by atoms with E-state index < -0.39 is 6.09 Å². The first-order valence-electron chi connectivity index (χ1n) is 11.1. The zero-order valence-corrected chi connectivity index (χ0v) is 21.2. The Morgan fingerprint density at radius 2 is 2.06 bits per heavy atom. The lowest BCUT2D eigenvalue weighted by Crippen LogP contribution is -2.42. The molecule has 0 saturated carbocycles. The lowest BCUT2D eigenvalue weighted by molar-refractivity contribution is -0.121. The summed E-state index contributed by atoms with van der Waals surface area (Å²) in [6.07, 6.45) is 4.32. The summed E-state index contributed by atoms with van der Waals surface area (Å²) in [5.74, 6) is -0.146. The molecule has 2 N–H and O–H groups in total. The van der Waals surface area contributed by atoms with Crippen LogP contribution in [0, 0.1) is 0 Å². The average molecular weight is 513 g/mol. The third-order valence-electron chi connectivity index (χ3n) is 6.26. The Hall–Kier alpha value is -1.75. The molecule has 180 valence electrons. The number of thioether (sulfide) groups is 1. The highest BCUT2D eigenvalue weighted by molar-refractivity contribution is 8.06. The number of hydrogen-bond acceptors (Lipinski definition) is 7. The molecule has 1 saturated heterocycles. The normalized spacial score (nSPS) is 25.2. The van der Waals surface area contributed by atoms with Gasteiger partial charge in [-0.25, -0.2) is 4.79 Å². The zero-order valence-electron chi connectivity index (χ0n) is 18.8. The molecule has 3 amide bonds. The number of alkyl carbamates (subject to hydrolysis) is 1. The number of allylic oxidation sites excluding steroid dienone is 1. The summed E-state index contributed by atoms with van der Waals surface area (Å²) in [4.78, 5) is 43.9. The SMILES string of the molecule is CNC(=O)OC[C@@H]1C[C@@H](NC(=O)C2CC=C(Cl)S2)CN1C(=O)c1cc2c(s1)CCN(C)CC2. The number of amides is 3. The van der Waals surface area contributed by atoms with E-state index in [1.165, 1.54) is 29.3 Å². The fraction of sp³-hybridized carbons (Fsp3) is 0.591. The van der Waals surface area contributed by atoms with Gasteiger partial charge in [0.2, 0.25) is 5.91 Å². The lowest BCUT2D eigenvalue weighted by Gasteiger charge is -2.23. The van der Waals surface area contributed by atoms with Gasteiger partial charge in [0.05, 0.1) is 20.5 Å².